The van der Waals surface area contributed by atoms with Crippen molar-refractivity contribution in [2.45, 2.75) is 44.8 Å². The van der Waals surface area contributed by atoms with E-state index in [2.05, 4.69) is 0 Å². The van der Waals surface area contributed by atoms with Crippen molar-refractivity contribution in [3.05, 3.63) is 35.9 Å². The Balaban J connectivity index is 0.000000592. The number of carbonyl (C=O) groups is 4. The van der Waals surface area contributed by atoms with Gasteiger partial charge in [0.15, 0.2) is 0 Å². The Kier molecular flexibility index (Phi) is 9.02. The van der Waals surface area contributed by atoms with Crippen molar-refractivity contribution in [1.82, 2.24) is 4.90 Å². The lowest BCUT2D eigenvalue weighted by Crippen LogP contribution is -2.62. The maximum absolute atomic E-state index is 12.9. The monoisotopic (exact) mass is 447 g/mol. The van der Waals surface area contributed by atoms with Gasteiger partial charge in [0, 0.05) is 19.4 Å². The van der Waals surface area contributed by atoms with E-state index in [0.29, 0.717) is 13.0 Å². The molecule has 0 spiro atoms. The molecule has 0 radical (unpaired) electrons. The molecule has 1 unspecified atom stereocenters. The summed E-state index contributed by atoms with van der Waals surface area (Å²) in [4.78, 5) is 48.1. The Labute approximate surface area is 176 Å². The van der Waals surface area contributed by atoms with Gasteiger partial charge in [-0.15, -0.1) is 0 Å². The highest BCUT2D eigenvalue weighted by Crippen LogP contribution is 2.44. The molecule has 0 aromatic heterocycles. The number of nitrogens with zero attached hydrogens (tertiary/aromatic N) is 1. The summed E-state index contributed by atoms with van der Waals surface area (Å²) < 4.78 is 42.1. The van der Waals surface area contributed by atoms with Crippen molar-refractivity contribution in [3.63, 3.8) is 0 Å². The van der Waals surface area contributed by atoms with Crippen LogP contribution in [0.1, 0.15) is 38.7 Å². The van der Waals surface area contributed by atoms with Crippen LogP contribution in [0.3, 0.4) is 0 Å². The van der Waals surface area contributed by atoms with Crippen molar-refractivity contribution in [1.29, 1.82) is 0 Å². The molecule has 1 aliphatic heterocycles. The second kappa shape index (κ2) is 10.8. The maximum Gasteiger partial charge on any atom is 0.490 e. The van der Waals surface area contributed by atoms with Crippen LogP contribution < -0.4 is 0 Å². The number of likely N-dealkylation sites (tertiary alicyclic amines) is 1. The minimum absolute atomic E-state index is 0.118. The zero-order valence-electron chi connectivity index (χ0n) is 17.3. The third-order valence-electron chi connectivity index (χ3n) is 4.57. The number of halogens is 3. The van der Waals surface area contributed by atoms with E-state index < -0.39 is 35.5 Å². The van der Waals surface area contributed by atoms with Gasteiger partial charge in [-0.2, -0.15) is 13.2 Å². The third kappa shape index (κ3) is 5.74. The van der Waals surface area contributed by atoms with Crippen molar-refractivity contribution in [2.24, 2.45) is 0 Å². The number of aliphatic carboxylic acids is 1. The fourth-order valence-corrected chi connectivity index (χ4v) is 3.40. The van der Waals surface area contributed by atoms with Crippen LogP contribution in [0.5, 0.6) is 0 Å². The molecule has 1 heterocycles. The maximum atomic E-state index is 12.9. The molecule has 0 bridgehead atoms. The molecule has 1 amide bonds. The Bertz CT molecular complexity index is 778. The molecular formula is C20H24F3NO7. The van der Waals surface area contributed by atoms with E-state index in [1.165, 1.54) is 11.8 Å². The number of carbonyl (C=O) groups excluding carboxylic acids is 3. The molecule has 1 saturated heterocycles. The van der Waals surface area contributed by atoms with Gasteiger partial charge in [0.2, 0.25) is 11.4 Å². The number of rotatable bonds is 5. The highest BCUT2D eigenvalue weighted by Gasteiger charge is 2.63. The van der Waals surface area contributed by atoms with Crippen LogP contribution in [-0.2, 0) is 28.7 Å². The van der Waals surface area contributed by atoms with Gasteiger partial charge >= 0.3 is 24.1 Å². The van der Waals surface area contributed by atoms with Crippen LogP contribution >= 0.6 is 0 Å². The predicted octanol–water partition coefficient (Wildman–Crippen LogP) is 2.52. The van der Waals surface area contributed by atoms with Gasteiger partial charge in [-0.05, 0) is 25.8 Å². The molecule has 1 aliphatic rings. The van der Waals surface area contributed by atoms with E-state index in [4.69, 9.17) is 19.4 Å². The molecule has 31 heavy (non-hydrogen) atoms. The first-order valence-electron chi connectivity index (χ1n) is 9.42. The fraction of sp³-hybridized carbons (Fsp3) is 0.500. The first-order valence-corrected chi connectivity index (χ1v) is 9.42. The SMILES string of the molecule is CCOC(=O)C1(C(=O)OCC)C(c2ccccc2)CCN1C(C)=O.O=C(O)C(F)(F)F. The number of esters is 2. The van der Waals surface area contributed by atoms with E-state index in [0.717, 1.165) is 5.56 Å². The van der Waals surface area contributed by atoms with E-state index in [1.54, 1.807) is 13.8 Å². The lowest BCUT2D eigenvalue weighted by atomic mass is 9.79. The summed E-state index contributed by atoms with van der Waals surface area (Å²) in [6, 6.07) is 9.24. The van der Waals surface area contributed by atoms with E-state index >= 15 is 0 Å². The van der Waals surface area contributed by atoms with Crippen molar-refractivity contribution >= 4 is 23.8 Å². The first-order chi connectivity index (χ1) is 14.4. The van der Waals surface area contributed by atoms with Crippen LogP contribution in [0.4, 0.5) is 13.2 Å². The topological polar surface area (TPSA) is 110 Å². The number of benzene rings is 1. The molecule has 11 heteroatoms. The molecule has 0 saturated carbocycles. The van der Waals surface area contributed by atoms with Crippen molar-refractivity contribution < 1.29 is 46.9 Å². The lowest BCUT2D eigenvalue weighted by Gasteiger charge is -2.37. The molecular weight excluding hydrogens is 423 g/mol. The van der Waals surface area contributed by atoms with Crippen LogP contribution in [-0.4, -0.2) is 65.3 Å². The number of hydrogen-bond donors (Lipinski definition) is 1. The third-order valence-corrected chi connectivity index (χ3v) is 4.57. The zero-order valence-corrected chi connectivity index (χ0v) is 17.3. The predicted molar refractivity (Wildman–Crippen MR) is 101 cm³/mol. The van der Waals surface area contributed by atoms with Gasteiger partial charge in [0.25, 0.3) is 0 Å². The minimum atomic E-state index is -5.08. The normalized spacial score (nSPS) is 17.2. The first kappa shape index (κ1) is 25.9. The molecule has 172 valence electrons. The van der Waals surface area contributed by atoms with E-state index in [-0.39, 0.29) is 19.1 Å². The summed E-state index contributed by atoms with van der Waals surface area (Å²) in [5.74, 6) is -5.07. The van der Waals surface area contributed by atoms with Crippen LogP contribution in [0.25, 0.3) is 0 Å². The van der Waals surface area contributed by atoms with Gasteiger partial charge < -0.3 is 19.5 Å². The molecule has 0 aliphatic carbocycles. The number of amides is 1. The quantitative estimate of drug-likeness (QED) is 0.546. The standard InChI is InChI=1S/C18H23NO5.C2HF3O2/c1-4-23-16(21)18(17(22)24-5-2)15(11-12-19(18)13(3)20)14-9-7-6-8-10-14;3-2(4,5)1(6)7/h6-10,15H,4-5,11-12H2,1-3H3;(H,6,7). The number of carboxylic acid groups (broad SMARTS) is 1. The smallest absolute Gasteiger partial charge is 0.475 e. The van der Waals surface area contributed by atoms with Gasteiger partial charge in [-0.25, -0.2) is 14.4 Å². The molecule has 1 atom stereocenters. The van der Waals surface area contributed by atoms with Crippen molar-refractivity contribution in [2.75, 3.05) is 19.8 Å². The number of alkyl halides is 3. The number of ether oxygens (including phenoxy) is 2. The largest absolute Gasteiger partial charge is 0.490 e. The van der Waals surface area contributed by atoms with Crippen LogP contribution in [0, 0.1) is 0 Å². The Morgan fingerprint density at radius 2 is 1.52 bits per heavy atom. The fourth-order valence-electron chi connectivity index (χ4n) is 3.40. The summed E-state index contributed by atoms with van der Waals surface area (Å²) in [7, 11) is 0. The molecule has 1 fully saturated rings. The minimum Gasteiger partial charge on any atom is -0.475 e. The molecule has 8 nitrogen and oxygen atoms in total. The molecule has 1 N–H and O–H groups in total. The second-order valence-corrected chi connectivity index (χ2v) is 6.43. The summed E-state index contributed by atoms with van der Waals surface area (Å²) in [5.41, 5.74) is -0.957. The zero-order chi connectivity index (χ0) is 23.8. The van der Waals surface area contributed by atoms with E-state index in [1.807, 2.05) is 30.3 Å². The van der Waals surface area contributed by atoms with Crippen LogP contribution in [0.15, 0.2) is 30.3 Å². The Hall–Kier alpha value is -3.11. The highest BCUT2D eigenvalue weighted by molar-refractivity contribution is 6.09. The molecule has 2 rings (SSSR count). The summed E-state index contributed by atoms with van der Waals surface area (Å²) >= 11 is 0. The summed E-state index contributed by atoms with van der Waals surface area (Å²) in [6.45, 7) is 5.22. The van der Waals surface area contributed by atoms with Gasteiger partial charge in [-0.1, -0.05) is 30.3 Å². The van der Waals surface area contributed by atoms with Gasteiger partial charge in [0.05, 0.1) is 13.2 Å². The summed E-state index contributed by atoms with van der Waals surface area (Å²) in [5, 5.41) is 7.12. The Morgan fingerprint density at radius 3 is 1.87 bits per heavy atom. The number of carboxylic acids is 1. The van der Waals surface area contributed by atoms with Crippen molar-refractivity contribution in [3.8, 4) is 0 Å². The second-order valence-electron chi connectivity index (χ2n) is 6.43. The molecule has 1 aromatic rings. The average Bonchev–Trinajstić information content (AvgIpc) is 3.10. The molecule has 1 aromatic carbocycles. The van der Waals surface area contributed by atoms with Gasteiger partial charge in [0.1, 0.15) is 0 Å². The summed E-state index contributed by atoms with van der Waals surface area (Å²) in [6.07, 6.45) is -4.60. The van der Waals surface area contributed by atoms with E-state index in [9.17, 15) is 27.6 Å². The number of hydrogen-bond acceptors (Lipinski definition) is 6. The lowest BCUT2D eigenvalue weighted by molar-refractivity contribution is -0.192. The average molecular weight is 447 g/mol. The highest BCUT2D eigenvalue weighted by atomic mass is 19.4. The Morgan fingerprint density at radius 1 is 1.06 bits per heavy atom. The van der Waals surface area contributed by atoms with Crippen LogP contribution in [0.2, 0.25) is 0 Å². The van der Waals surface area contributed by atoms with Gasteiger partial charge in [-0.3, -0.25) is 4.79 Å².